The fraction of sp³-hybridized carbons (Fsp3) is 0.636. The average Bonchev–Trinajstić information content (AvgIpc) is 3.14. The number of rotatable bonds is 6. The van der Waals surface area contributed by atoms with Gasteiger partial charge in [-0.2, -0.15) is 5.10 Å². The van der Waals surface area contributed by atoms with Gasteiger partial charge in [0.2, 0.25) is 0 Å². The fourth-order valence-corrected chi connectivity index (χ4v) is 1.79. The van der Waals surface area contributed by atoms with Crippen molar-refractivity contribution in [3.05, 3.63) is 21.6 Å². The second-order valence-corrected chi connectivity index (χ2v) is 4.53. The molecule has 1 aromatic heterocycles. The van der Waals surface area contributed by atoms with E-state index in [-0.39, 0.29) is 10.6 Å². The van der Waals surface area contributed by atoms with Crippen LogP contribution in [0.1, 0.15) is 19.8 Å². The van der Waals surface area contributed by atoms with Crippen LogP contribution in [0.4, 0.5) is 5.69 Å². The van der Waals surface area contributed by atoms with Crippen LogP contribution >= 0.6 is 11.6 Å². The van der Waals surface area contributed by atoms with Crippen LogP contribution in [-0.4, -0.2) is 28.9 Å². The van der Waals surface area contributed by atoms with E-state index in [2.05, 4.69) is 15.7 Å². The molecule has 17 heavy (non-hydrogen) atoms. The standard InChI is InChI=1S/C11H17ClN4O/c1-2-16-11(17)10(12)9(7-15-16)14-6-5-13-8-3-4-8/h7-8,13-14H,2-6H2,1H3. The van der Waals surface area contributed by atoms with Crippen molar-refractivity contribution in [2.75, 3.05) is 18.4 Å². The van der Waals surface area contributed by atoms with Crippen LogP contribution in [-0.2, 0) is 6.54 Å². The first-order valence-corrected chi connectivity index (χ1v) is 6.33. The number of anilines is 1. The van der Waals surface area contributed by atoms with E-state index in [0.717, 1.165) is 13.1 Å². The summed E-state index contributed by atoms with van der Waals surface area (Å²) in [5.74, 6) is 0. The minimum atomic E-state index is -0.241. The first-order valence-electron chi connectivity index (χ1n) is 5.95. The molecular formula is C11H17ClN4O. The average molecular weight is 257 g/mol. The molecule has 2 rings (SSSR count). The third kappa shape index (κ3) is 3.20. The van der Waals surface area contributed by atoms with Gasteiger partial charge in [0.05, 0.1) is 11.9 Å². The van der Waals surface area contributed by atoms with Gasteiger partial charge in [-0.25, -0.2) is 4.68 Å². The molecule has 1 aliphatic rings. The van der Waals surface area contributed by atoms with Gasteiger partial charge in [-0.1, -0.05) is 11.6 Å². The van der Waals surface area contributed by atoms with Crippen molar-refractivity contribution < 1.29 is 0 Å². The normalized spacial score (nSPS) is 14.9. The van der Waals surface area contributed by atoms with Crippen molar-refractivity contribution in [2.24, 2.45) is 0 Å². The molecule has 0 bridgehead atoms. The number of aromatic nitrogens is 2. The minimum absolute atomic E-state index is 0.216. The van der Waals surface area contributed by atoms with Crippen molar-refractivity contribution in [1.29, 1.82) is 0 Å². The van der Waals surface area contributed by atoms with E-state index in [1.54, 1.807) is 6.20 Å². The SMILES string of the molecule is CCn1ncc(NCCNC2CC2)c(Cl)c1=O. The van der Waals surface area contributed by atoms with E-state index in [4.69, 9.17) is 11.6 Å². The lowest BCUT2D eigenvalue weighted by molar-refractivity contribution is 0.616. The zero-order valence-corrected chi connectivity index (χ0v) is 10.6. The number of nitrogens with zero attached hydrogens (tertiary/aromatic N) is 2. The summed E-state index contributed by atoms with van der Waals surface area (Å²) in [6, 6.07) is 0.693. The van der Waals surface area contributed by atoms with Gasteiger partial charge in [0.1, 0.15) is 5.02 Å². The van der Waals surface area contributed by atoms with Crippen molar-refractivity contribution >= 4 is 17.3 Å². The minimum Gasteiger partial charge on any atom is -0.381 e. The third-order valence-corrected chi connectivity index (χ3v) is 3.10. The maximum absolute atomic E-state index is 11.7. The predicted octanol–water partition coefficient (Wildman–Crippen LogP) is 1.08. The molecule has 0 amide bonds. The Labute approximate surface area is 105 Å². The van der Waals surface area contributed by atoms with Gasteiger partial charge in [0.15, 0.2) is 0 Å². The molecule has 1 heterocycles. The molecule has 0 aromatic carbocycles. The summed E-state index contributed by atoms with van der Waals surface area (Å²) in [6.07, 6.45) is 4.15. The molecule has 1 fully saturated rings. The van der Waals surface area contributed by atoms with Gasteiger partial charge >= 0.3 is 0 Å². The van der Waals surface area contributed by atoms with Crippen LogP contribution in [0, 0.1) is 0 Å². The van der Waals surface area contributed by atoms with Crippen LogP contribution in [0.5, 0.6) is 0 Å². The topological polar surface area (TPSA) is 59.0 Å². The number of halogens is 1. The predicted molar refractivity (Wildman–Crippen MR) is 68.7 cm³/mol. The molecule has 0 saturated heterocycles. The van der Waals surface area contributed by atoms with Crippen molar-refractivity contribution in [3.63, 3.8) is 0 Å². The summed E-state index contributed by atoms with van der Waals surface area (Å²) < 4.78 is 1.34. The monoisotopic (exact) mass is 256 g/mol. The Hall–Kier alpha value is -1.07. The molecule has 1 aromatic rings. The summed E-state index contributed by atoms with van der Waals surface area (Å²) in [5, 5.41) is 10.7. The van der Waals surface area contributed by atoms with E-state index in [0.29, 0.717) is 18.3 Å². The van der Waals surface area contributed by atoms with E-state index in [1.165, 1.54) is 17.5 Å². The molecule has 1 aliphatic carbocycles. The summed E-state index contributed by atoms with van der Waals surface area (Å²) in [5.41, 5.74) is 0.369. The largest absolute Gasteiger partial charge is 0.381 e. The maximum Gasteiger partial charge on any atom is 0.287 e. The van der Waals surface area contributed by atoms with E-state index < -0.39 is 0 Å². The second-order valence-electron chi connectivity index (χ2n) is 4.15. The molecule has 2 N–H and O–H groups in total. The Morgan fingerprint density at radius 3 is 2.94 bits per heavy atom. The highest BCUT2D eigenvalue weighted by Gasteiger charge is 2.19. The van der Waals surface area contributed by atoms with E-state index in [9.17, 15) is 4.79 Å². The molecule has 94 valence electrons. The van der Waals surface area contributed by atoms with Gasteiger partial charge in [-0.05, 0) is 19.8 Å². The lowest BCUT2D eigenvalue weighted by Gasteiger charge is -2.09. The molecule has 0 spiro atoms. The van der Waals surface area contributed by atoms with Crippen LogP contribution in [0.15, 0.2) is 11.0 Å². The van der Waals surface area contributed by atoms with E-state index >= 15 is 0 Å². The maximum atomic E-state index is 11.7. The summed E-state index contributed by atoms with van der Waals surface area (Å²) in [7, 11) is 0. The van der Waals surface area contributed by atoms with Gasteiger partial charge in [0.25, 0.3) is 5.56 Å². The lowest BCUT2D eigenvalue weighted by Crippen LogP contribution is -2.26. The Morgan fingerprint density at radius 1 is 1.53 bits per heavy atom. The first kappa shape index (κ1) is 12.4. The Morgan fingerprint density at radius 2 is 2.29 bits per heavy atom. The molecule has 0 atom stereocenters. The molecule has 0 unspecified atom stereocenters. The molecule has 0 aliphatic heterocycles. The van der Waals surface area contributed by atoms with Gasteiger partial charge < -0.3 is 10.6 Å². The summed E-state index contributed by atoms with van der Waals surface area (Å²) >= 11 is 5.97. The highest BCUT2D eigenvalue weighted by atomic mass is 35.5. The molecular weight excluding hydrogens is 240 g/mol. The van der Waals surface area contributed by atoms with Crippen molar-refractivity contribution in [3.8, 4) is 0 Å². The quantitative estimate of drug-likeness (QED) is 0.748. The molecule has 6 heteroatoms. The summed E-state index contributed by atoms with van der Waals surface area (Å²) in [4.78, 5) is 11.7. The van der Waals surface area contributed by atoms with Gasteiger partial charge in [-0.3, -0.25) is 4.79 Å². The highest BCUT2D eigenvalue weighted by Crippen LogP contribution is 2.18. The number of nitrogens with one attached hydrogen (secondary N) is 2. The molecule has 1 saturated carbocycles. The molecule has 5 nitrogen and oxygen atoms in total. The smallest absolute Gasteiger partial charge is 0.287 e. The number of hydrogen-bond donors (Lipinski definition) is 2. The first-order chi connectivity index (χ1) is 8.22. The summed E-state index contributed by atoms with van der Waals surface area (Å²) in [6.45, 7) is 4.00. The van der Waals surface area contributed by atoms with Crippen LogP contribution in [0.2, 0.25) is 5.02 Å². The lowest BCUT2D eigenvalue weighted by atomic mass is 10.4. The van der Waals surface area contributed by atoms with Crippen molar-refractivity contribution in [1.82, 2.24) is 15.1 Å². The van der Waals surface area contributed by atoms with Crippen LogP contribution in [0.25, 0.3) is 0 Å². The number of hydrogen-bond acceptors (Lipinski definition) is 4. The Balaban J connectivity index is 1.91. The number of aryl methyl sites for hydroxylation is 1. The fourth-order valence-electron chi connectivity index (χ4n) is 1.57. The highest BCUT2D eigenvalue weighted by molar-refractivity contribution is 6.32. The van der Waals surface area contributed by atoms with Gasteiger partial charge in [-0.15, -0.1) is 0 Å². The van der Waals surface area contributed by atoms with Gasteiger partial charge in [0, 0.05) is 25.7 Å². The van der Waals surface area contributed by atoms with Crippen LogP contribution < -0.4 is 16.2 Å². The van der Waals surface area contributed by atoms with Crippen molar-refractivity contribution in [2.45, 2.75) is 32.4 Å². The second kappa shape index (κ2) is 5.51. The zero-order valence-electron chi connectivity index (χ0n) is 9.87. The van der Waals surface area contributed by atoms with Crippen LogP contribution in [0.3, 0.4) is 0 Å². The Kier molecular flexibility index (Phi) is 4.02. The molecule has 0 radical (unpaired) electrons. The third-order valence-electron chi connectivity index (χ3n) is 2.74. The zero-order chi connectivity index (χ0) is 12.3. The Bertz CT molecular complexity index is 442. The van der Waals surface area contributed by atoms with E-state index in [1.807, 2.05) is 6.92 Å².